The van der Waals surface area contributed by atoms with E-state index in [1.165, 1.54) is 36.6 Å². The third-order valence-electron chi connectivity index (χ3n) is 7.23. The normalized spacial score (nSPS) is 14.7. The van der Waals surface area contributed by atoms with Crippen LogP contribution in [0.4, 0.5) is 0 Å². The van der Waals surface area contributed by atoms with E-state index in [9.17, 15) is 4.79 Å². The van der Waals surface area contributed by atoms with Crippen LogP contribution in [0, 0.1) is 6.92 Å². The van der Waals surface area contributed by atoms with Crippen LogP contribution in [0.3, 0.4) is 0 Å². The first-order chi connectivity index (χ1) is 19.1. The molecule has 39 heavy (non-hydrogen) atoms. The third kappa shape index (κ3) is 6.90. The Labute approximate surface area is 235 Å². The van der Waals surface area contributed by atoms with Gasteiger partial charge in [0.05, 0.1) is 11.8 Å². The first-order valence-electron chi connectivity index (χ1n) is 13.8. The molecule has 0 spiro atoms. The number of nitrogens with zero attached hydrogens (tertiary/aromatic N) is 3. The molecule has 202 valence electrons. The van der Waals surface area contributed by atoms with Gasteiger partial charge in [0.2, 0.25) is 5.91 Å². The second kappa shape index (κ2) is 13.0. The Hall–Kier alpha value is -3.58. The number of aryl methyl sites for hydroxylation is 1. The molecule has 4 aromatic rings. The van der Waals surface area contributed by atoms with Crippen LogP contribution in [0.5, 0.6) is 5.75 Å². The Bertz CT molecular complexity index is 1300. The predicted octanol–water partition coefficient (Wildman–Crippen LogP) is 7.23. The number of ether oxygens (including phenoxy) is 1. The fourth-order valence-corrected chi connectivity index (χ4v) is 6.03. The van der Waals surface area contributed by atoms with Crippen molar-refractivity contribution >= 4 is 17.7 Å². The quantitative estimate of drug-likeness (QED) is 0.215. The van der Waals surface area contributed by atoms with E-state index in [0.29, 0.717) is 6.04 Å². The Kier molecular flexibility index (Phi) is 8.99. The van der Waals surface area contributed by atoms with E-state index in [2.05, 4.69) is 27.0 Å². The number of rotatable bonds is 10. The van der Waals surface area contributed by atoms with Crippen LogP contribution in [0.1, 0.15) is 79.7 Å². The summed E-state index contributed by atoms with van der Waals surface area (Å²) in [6.07, 6.45) is 5.56. The van der Waals surface area contributed by atoms with Crippen molar-refractivity contribution in [1.82, 2.24) is 20.1 Å². The summed E-state index contributed by atoms with van der Waals surface area (Å²) < 4.78 is 8.50. The Morgan fingerprint density at radius 1 is 0.923 bits per heavy atom. The first kappa shape index (κ1) is 27.0. The van der Waals surface area contributed by atoms with E-state index in [4.69, 9.17) is 4.74 Å². The number of benzene rings is 3. The third-order valence-corrected chi connectivity index (χ3v) is 8.17. The van der Waals surface area contributed by atoms with Crippen LogP contribution in [-0.2, 0) is 4.79 Å². The summed E-state index contributed by atoms with van der Waals surface area (Å²) in [5, 5.41) is 13.1. The zero-order chi connectivity index (χ0) is 27.0. The van der Waals surface area contributed by atoms with Crippen molar-refractivity contribution in [2.24, 2.45) is 0 Å². The monoisotopic (exact) mass is 540 g/mol. The van der Waals surface area contributed by atoms with Gasteiger partial charge in [-0.05, 0) is 49.9 Å². The number of hydrogen-bond acceptors (Lipinski definition) is 5. The lowest BCUT2D eigenvalue weighted by atomic mass is 9.95. The molecule has 1 aromatic heterocycles. The van der Waals surface area contributed by atoms with E-state index in [-0.39, 0.29) is 23.8 Å². The second-order valence-electron chi connectivity index (χ2n) is 10.2. The van der Waals surface area contributed by atoms with Gasteiger partial charge in [0, 0.05) is 6.04 Å². The maximum atomic E-state index is 13.3. The zero-order valence-electron chi connectivity index (χ0n) is 22.6. The number of amides is 1. The topological polar surface area (TPSA) is 69.0 Å². The smallest absolute Gasteiger partial charge is 0.231 e. The van der Waals surface area contributed by atoms with Gasteiger partial charge in [-0.25, -0.2) is 0 Å². The molecule has 7 heteroatoms. The van der Waals surface area contributed by atoms with Gasteiger partial charge in [-0.3, -0.25) is 9.36 Å². The molecule has 1 heterocycles. The van der Waals surface area contributed by atoms with Crippen molar-refractivity contribution in [2.75, 3.05) is 5.75 Å². The van der Waals surface area contributed by atoms with Crippen LogP contribution >= 0.6 is 11.8 Å². The summed E-state index contributed by atoms with van der Waals surface area (Å²) in [7, 11) is 0. The van der Waals surface area contributed by atoms with Gasteiger partial charge >= 0.3 is 0 Å². The van der Waals surface area contributed by atoms with Crippen LogP contribution < -0.4 is 10.1 Å². The van der Waals surface area contributed by atoms with Gasteiger partial charge in [-0.15, -0.1) is 10.2 Å². The van der Waals surface area contributed by atoms with Gasteiger partial charge < -0.3 is 10.1 Å². The molecule has 1 aliphatic rings. The molecule has 1 amide bonds. The van der Waals surface area contributed by atoms with Gasteiger partial charge in [0.25, 0.3) is 0 Å². The highest BCUT2D eigenvalue weighted by Crippen LogP contribution is 2.35. The van der Waals surface area contributed by atoms with E-state index in [0.717, 1.165) is 40.7 Å². The maximum absolute atomic E-state index is 13.3. The predicted molar refractivity (Wildman–Crippen MR) is 156 cm³/mol. The average Bonchev–Trinajstić information content (AvgIpc) is 3.41. The molecule has 5 rings (SSSR count). The lowest BCUT2D eigenvalue weighted by Gasteiger charge is -2.27. The van der Waals surface area contributed by atoms with Crippen molar-refractivity contribution in [1.29, 1.82) is 0 Å². The SMILES string of the molecule is Cc1ccc(O[C@@H](C)c2nnc(SCC(=O)NC(c3ccccc3)c3ccccc3)n2C2CCCCC2)cc1. The number of thioether (sulfide) groups is 1. The molecule has 1 fully saturated rings. The minimum absolute atomic E-state index is 0.0404. The molecule has 1 aliphatic carbocycles. The minimum atomic E-state index is -0.258. The van der Waals surface area contributed by atoms with Crippen LogP contribution in [0.15, 0.2) is 90.1 Å². The molecular weight excluding hydrogens is 504 g/mol. The summed E-state index contributed by atoms with van der Waals surface area (Å²) in [6, 6.07) is 28.4. The van der Waals surface area contributed by atoms with E-state index < -0.39 is 0 Å². The van der Waals surface area contributed by atoms with E-state index in [1.807, 2.05) is 91.9 Å². The Morgan fingerprint density at radius 3 is 2.15 bits per heavy atom. The summed E-state index contributed by atoms with van der Waals surface area (Å²) in [5.41, 5.74) is 3.30. The van der Waals surface area contributed by atoms with Gasteiger partial charge in [0.15, 0.2) is 17.1 Å². The minimum Gasteiger partial charge on any atom is -0.483 e. The molecular formula is C32H36N4O2S. The highest BCUT2D eigenvalue weighted by atomic mass is 32.2. The zero-order valence-corrected chi connectivity index (χ0v) is 23.4. The largest absolute Gasteiger partial charge is 0.483 e. The molecule has 1 saturated carbocycles. The number of carbonyl (C=O) groups excluding carboxylic acids is 1. The number of hydrogen-bond donors (Lipinski definition) is 1. The lowest BCUT2D eigenvalue weighted by Crippen LogP contribution is -2.30. The Morgan fingerprint density at radius 2 is 1.54 bits per heavy atom. The highest BCUT2D eigenvalue weighted by Gasteiger charge is 2.27. The highest BCUT2D eigenvalue weighted by molar-refractivity contribution is 7.99. The number of carbonyl (C=O) groups is 1. The fourth-order valence-electron chi connectivity index (χ4n) is 5.20. The van der Waals surface area contributed by atoms with Crippen LogP contribution in [-0.4, -0.2) is 26.4 Å². The van der Waals surface area contributed by atoms with Gasteiger partial charge in [-0.1, -0.05) is 109 Å². The summed E-state index contributed by atoms with van der Waals surface area (Å²) in [4.78, 5) is 13.3. The van der Waals surface area contributed by atoms with Crippen molar-refractivity contribution in [3.63, 3.8) is 0 Å². The lowest BCUT2D eigenvalue weighted by molar-refractivity contribution is -0.119. The number of aromatic nitrogens is 3. The standard InChI is InChI=1S/C32H36N4O2S/c1-23-18-20-28(21-19-23)38-24(2)31-34-35-32(36(31)27-16-10-5-11-17-27)39-22-29(37)33-30(25-12-6-3-7-13-25)26-14-8-4-9-15-26/h3-4,6-9,12-15,18-21,24,27,30H,5,10-11,16-17,22H2,1-2H3,(H,33,37)/t24-/m0/s1. The summed E-state index contributed by atoms with van der Waals surface area (Å²) in [6.45, 7) is 4.09. The average molecular weight is 541 g/mol. The van der Waals surface area contributed by atoms with Crippen molar-refractivity contribution < 1.29 is 9.53 Å². The molecule has 6 nitrogen and oxygen atoms in total. The van der Waals surface area contributed by atoms with Crippen molar-refractivity contribution in [3.8, 4) is 5.75 Å². The molecule has 1 atom stereocenters. The van der Waals surface area contributed by atoms with Crippen LogP contribution in [0.25, 0.3) is 0 Å². The molecule has 0 bridgehead atoms. The Balaban J connectivity index is 1.32. The molecule has 0 saturated heterocycles. The fraction of sp³-hybridized carbons (Fsp3) is 0.344. The maximum Gasteiger partial charge on any atom is 0.231 e. The molecule has 1 N–H and O–H groups in total. The van der Waals surface area contributed by atoms with Gasteiger partial charge in [0.1, 0.15) is 5.75 Å². The van der Waals surface area contributed by atoms with Crippen LogP contribution in [0.2, 0.25) is 0 Å². The van der Waals surface area contributed by atoms with Crippen molar-refractivity contribution in [3.05, 3.63) is 107 Å². The summed E-state index contributed by atoms with van der Waals surface area (Å²) in [5.74, 6) is 1.85. The second-order valence-corrected chi connectivity index (χ2v) is 11.1. The van der Waals surface area contributed by atoms with E-state index in [1.54, 1.807) is 0 Å². The summed E-state index contributed by atoms with van der Waals surface area (Å²) >= 11 is 1.45. The molecule has 0 unspecified atom stereocenters. The van der Waals surface area contributed by atoms with E-state index >= 15 is 0 Å². The molecule has 0 aliphatic heterocycles. The first-order valence-corrected chi connectivity index (χ1v) is 14.8. The van der Waals surface area contributed by atoms with Gasteiger partial charge in [-0.2, -0.15) is 0 Å². The molecule has 3 aromatic carbocycles. The van der Waals surface area contributed by atoms with Crippen molar-refractivity contribution in [2.45, 2.75) is 69.3 Å². The number of nitrogens with one attached hydrogen (secondary N) is 1. The molecule has 0 radical (unpaired) electrons.